The van der Waals surface area contributed by atoms with Crippen LogP contribution < -0.4 is 11.3 Å². The molecule has 3 N–H and O–H groups in total. The van der Waals surface area contributed by atoms with Crippen molar-refractivity contribution in [2.45, 2.75) is 18.6 Å². The maximum absolute atomic E-state index is 14.0. The monoisotopic (exact) mass is 284 g/mol. The van der Waals surface area contributed by atoms with Crippen molar-refractivity contribution in [2.24, 2.45) is 5.84 Å². The summed E-state index contributed by atoms with van der Waals surface area (Å²) < 4.78 is 14.0. The number of hydrazine groups is 1. The number of nitrogens with two attached hydrogens (primary N) is 1. The SMILES string of the molecule is CCC1CN(C(=O)c2ccnc(NN)c2F)CCS1. The van der Waals surface area contributed by atoms with Gasteiger partial charge in [0.05, 0.1) is 5.56 Å². The van der Waals surface area contributed by atoms with Crippen LogP contribution in [0.5, 0.6) is 0 Å². The highest BCUT2D eigenvalue weighted by Crippen LogP contribution is 2.23. The quantitative estimate of drug-likeness (QED) is 0.650. The highest BCUT2D eigenvalue weighted by Gasteiger charge is 2.26. The van der Waals surface area contributed by atoms with Gasteiger partial charge in [-0.2, -0.15) is 11.8 Å². The van der Waals surface area contributed by atoms with E-state index in [1.54, 1.807) is 4.90 Å². The van der Waals surface area contributed by atoms with Crippen molar-refractivity contribution in [3.05, 3.63) is 23.6 Å². The van der Waals surface area contributed by atoms with Crippen LogP contribution in [0.15, 0.2) is 12.3 Å². The summed E-state index contributed by atoms with van der Waals surface area (Å²) >= 11 is 1.86. The average molecular weight is 284 g/mol. The number of thioether (sulfide) groups is 1. The van der Waals surface area contributed by atoms with E-state index < -0.39 is 5.82 Å². The van der Waals surface area contributed by atoms with E-state index in [1.807, 2.05) is 11.8 Å². The van der Waals surface area contributed by atoms with Crippen LogP contribution in [0.3, 0.4) is 0 Å². The molecule has 1 amide bonds. The number of aromatic nitrogens is 1. The van der Waals surface area contributed by atoms with Crippen molar-refractivity contribution in [3.8, 4) is 0 Å². The third-order valence-corrected chi connectivity index (χ3v) is 4.51. The van der Waals surface area contributed by atoms with Crippen LogP contribution in [-0.2, 0) is 0 Å². The largest absolute Gasteiger partial charge is 0.337 e. The molecule has 0 radical (unpaired) electrons. The van der Waals surface area contributed by atoms with Gasteiger partial charge in [0, 0.05) is 30.3 Å². The van der Waals surface area contributed by atoms with Gasteiger partial charge in [-0.3, -0.25) is 4.79 Å². The first-order chi connectivity index (χ1) is 9.17. The van der Waals surface area contributed by atoms with E-state index in [-0.39, 0.29) is 17.3 Å². The summed E-state index contributed by atoms with van der Waals surface area (Å²) in [6, 6.07) is 1.39. The van der Waals surface area contributed by atoms with E-state index in [4.69, 9.17) is 5.84 Å². The standard InChI is InChI=1S/C12H17FN4OS/c1-2-8-7-17(5-6-19-8)12(18)9-3-4-15-11(16-14)10(9)13/h3-4,8H,2,5-7,14H2,1H3,(H,15,16). The summed E-state index contributed by atoms with van der Waals surface area (Å²) in [6.45, 7) is 3.40. The van der Waals surface area contributed by atoms with Gasteiger partial charge in [-0.05, 0) is 12.5 Å². The van der Waals surface area contributed by atoms with E-state index in [1.165, 1.54) is 12.3 Å². The molecule has 5 nitrogen and oxygen atoms in total. The van der Waals surface area contributed by atoms with Crippen LogP contribution in [0.1, 0.15) is 23.7 Å². The van der Waals surface area contributed by atoms with Gasteiger partial charge in [-0.1, -0.05) is 6.92 Å². The van der Waals surface area contributed by atoms with Crippen LogP contribution >= 0.6 is 11.8 Å². The predicted molar refractivity (Wildman–Crippen MR) is 74.4 cm³/mol. The van der Waals surface area contributed by atoms with Gasteiger partial charge in [-0.15, -0.1) is 0 Å². The number of hydrogen-bond acceptors (Lipinski definition) is 5. The lowest BCUT2D eigenvalue weighted by Gasteiger charge is -2.32. The molecule has 19 heavy (non-hydrogen) atoms. The second-order valence-corrected chi connectivity index (χ2v) is 5.73. The summed E-state index contributed by atoms with van der Waals surface area (Å²) in [5, 5.41) is 0.426. The maximum Gasteiger partial charge on any atom is 0.257 e. The van der Waals surface area contributed by atoms with Crippen LogP contribution in [-0.4, -0.2) is 39.9 Å². The maximum atomic E-state index is 14.0. The zero-order valence-corrected chi connectivity index (χ0v) is 11.5. The van der Waals surface area contributed by atoms with Gasteiger partial charge in [0.25, 0.3) is 5.91 Å². The second-order valence-electron chi connectivity index (χ2n) is 4.32. The Morgan fingerprint density at radius 2 is 2.53 bits per heavy atom. The zero-order valence-electron chi connectivity index (χ0n) is 10.7. The Morgan fingerprint density at radius 3 is 3.21 bits per heavy atom. The lowest BCUT2D eigenvalue weighted by Crippen LogP contribution is -2.42. The van der Waals surface area contributed by atoms with Gasteiger partial charge in [0.15, 0.2) is 11.6 Å². The minimum absolute atomic E-state index is 0.0182. The molecule has 0 aromatic carbocycles. The average Bonchev–Trinajstić information content (AvgIpc) is 2.47. The van der Waals surface area contributed by atoms with Crippen molar-refractivity contribution in [3.63, 3.8) is 0 Å². The van der Waals surface area contributed by atoms with E-state index >= 15 is 0 Å². The predicted octanol–water partition coefficient (Wildman–Crippen LogP) is 1.47. The van der Waals surface area contributed by atoms with Gasteiger partial charge < -0.3 is 10.3 Å². The van der Waals surface area contributed by atoms with Crippen molar-refractivity contribution in [1.82, 2.24) is 9.88 Å². The molecule has 7 heteroatoms. The molecule has 0 aliphatic carbocycles. The number of nitrogens with one attached hydrogen (secondary N) is 1. The minimum Gasteiger partial charge on any atom is -0.337 e. The zero-order chi connectivity index (χ0) is 13.8. The van der Waals surface area contributed by atoms with Crippen molar-refractivity contribution in [2.75, 3.05) is 24.3 Å². The molecule has 1 unspecified atom stereocenters. The molecular weight excluding hydrogens is 267 g/mol. The van der Waals surface area contributed by atoms with Crippen molar-refractivity contribution < 1.29 is 9.18 Å². The Balaban J connectivity index is 2.19. The molecule has 1 aliphatic heterocycles. The number of amides is 1. The number of rotatable bonds is 3. The minimum atomic E-state index is -0.693. The van der Waals surface area contributed by atoms with Crippen LogP contribution in [0.4, 0.5) is 10.2 Å². The smallest absolute Gasteiger partial charge is 0.257 e. The molecule has 1 fully saturated rings. The highest BCUT2D eigenvalue weighted by atomic mass is 32.2. The fourth-order valence-electron chi connectivity index (χ4n) is 2.03. The fourth-order valence-corrected chi connectivity index (χ4v) is 3.21. The molecule has 104 valence electrons. The molecule has 0 bridgehead atoms. The summed E-state index contributed by atoms with van der Waals surface area (Å²) in [7, 11) is 0. The summed E-state index contributed by atoms with van der Waals surface area (Å²) in [6.07, 6.45) is 2.38. The van der Waals surface area contributed by atoms with Crippen LogP contribution in [0, 0.1) is 5.82 Å². The summed E-state index contributed by atoms with van der Waals surface area (Å²) in [5.74, 6) is 4.95. The Kier molecular flexibility index (Phi) is 4.60. The Bertz CT molecular complexity index is 471. The van der Waals surface area contributed by atoms with E-state index in [2.05, 4.69) is 17.3 Å². The first-order valence-electron chi connectivity index (χ1n) is 6.19. The van der Waals surface area contributed by atoms with E-state index in [9.17, 15) is 9.18 Å². The Morgan fingerprint density at radius 1 is 1.74 bits per heavy atom. The number of carbonyl (C=O) groups is 1. The molecular formula is C12H17FN4OS. The van der Waals surface area contributed by atoms with E-state index in [0.29, 0.717) is 18.3 Å². The summed E-state index contributed by atoms with van der Waals surface area (Å²) in [4.78, 5) is 17.8. The third kappa shape index (κ3) is 2.98. The number of nitrogens with zero attached hydrogens (tertiary/aromatic N) is 2. The number of anilines is 1. The molecule has 0 spiro atoms. The fraction of sp³-hybridized carbons (Fsp3) is 0.500. The molecule has 2 heterocycles. The Labute approximate surface area is 115 Å². The van der Waals surface area contributed by atoms with Crippen molar-refractivity contribution in [1.29, 1.82) is 0 Å². The molecule has 1 saturated heterocycles. The number of halogens is 1. The number of hydrogen-bond donors (Lipinski definition) is 2. The highest BCUT2D eigenvalue weighted by molar-refractivity contribution is 8.00. The number of pyridine rings is 1. The lowest BCUT2D eigenvalue weighted by atomic mass is 10.2. The lowest BCUT2D eigenvalue weighted by molar-refractivity contribution is 0.0756. The van der Waals surface area contributed by atoms with Crippen molar-refractivity contribution >= 4 is 23.5 Å². The molecule has 1 aliphatic rings. The van der Waals surface area contributed by atoms with Gasteiger partial charge >= 0.3 is 0 Å². The van der Waals surface area contributed by atoms with Gasteiger partial charge in [0.1, 0.15) is 0 Å². The van der Waals surface area contributed by atoms with E-state index in [0.717, 1.165) is 12.2 Å². The van der Waals surface area contributed by atoms with Gasteiger partial charge in [-0.25, -0.2) is 15.2 Å². The normalized spacial score (nSPS) is 19.3. The Hall–Kier alpha value is -1.34. The van der Waals surface area contributed by atoms with Crippen LogP contribution in [0.25, 0.3) is 0 Å². The molecule has 1 atom stereocenters. The molecule has 2 rings (SSSR count). The molecule has 1 aromatic heterocycles. The second kappa shape index (κ2) is 6.21. The van der Waals surface area contributed by atoms with Crippen LogP contribution in [0.2, 0.25) is 0 Å². The third-order valence-electron chi connectivity index (χ3n) is 3.14. The first kappa shape index (κ1) is 14.1. The van der Waals surface area contributed by atoms with Gasteiger partial charge in [0.2, 0.25) is 0 Å². The topological polar surface area (TPSA) is 71.2 Å². The first-order valence-corrected chi connectivity index (χ1v) is 7.24. The number of carbonyl (C=O) groups excluding carboxylic acids is 1. The molecule has 0 saturated carbocycles. The number of nitrogen functional groups attached to an aromatic ring is 1. The summed E-state index contributed by atoms with van der Waals surface area (Å²) in [5.41, 5.74) is 2.17. The molecule has 1 aromatic rings.